The molecular formula is C14H18N2O3S. The molecule has 0 aliphatic rings. The zero-order valence-electron chi connectivity index (χ0n) is 11.3. The Morgan fingerprint density at radius 2 is 1.80 bits per heavy atom. The van der Waals surface area contributed by atoms with Crippen LogP contribution in [0.5, 0.6) is 0 Å². The summed E-state index contributed by atoms with van der Waals surface area (Å²) < 4.78 is 0. The second-order valence-corrected chi connectivity index (χ2v) is 5.61. The Morgan fingerprint density at radius 1 is 1.05 bits per heavy atom. The summed E-state index contributed by atoms with van der Waals surface area (Å²) in [7, 11) is 0. The molecule has 1 amide bonds. The number of benzene rings is 1. The van der Waals surface area contributed by atoms with Crippen LogP contribution in [0.3, 0.4) is 0 Å². The van der Waals surface area contributed by atoms with Crippen LogP contribution in [0.25, 0.3) is 0 Å². The summed E-state index contributed by atoms with van der Waals surface area (Å²) in [4.78, 5) is 32.0. The van der Waals surface area contributed by atoms with E-state index in [1.54, 1.807) is 23.9 Å². The number of nitrogens with zero attached hydrogens (tertiary/aromatic N) is 2. The fraction of sp³-hybridized carbons (Fsp3) is 0.500. The van der Waals surface area contributed by atoms with Gasteiger partial charge in [0.25, 0.3) is 5.91 Å². The van der Waals surface area contributed by atoms with E-state index in [1.807, 2.05) is 12.1 Å². The van der Waals surface area contributed by atoms with Crippen LogP contribution in [-0.4, -0.2) is 11.7 Å². The highest BCUT2D eigenvalue weighted by atomic mass is 32.2. The van der Waals surface area contributed by atoms with Crippen LogP contribution in [0.15, 0.2) is 39.5 Å². The van der Waals surface area contributed by atoms with Gasteiger partial charge in [-0.15, -0.1) is 21.6 Å². The molecule has 0 heterocycles. The molecule has 1 aromatic rings. The van der Waals surface area contributed by atoms with Crippen molar-refractivity contribution in [1.29, 1.82) is 0 Å². The van der Waals surface area contributed by atoms with Crippen molar-refractivity contribution >= 4 is 23.4 Å². The van der Waals surface area contributed by atoms with Crippen LogP contribution in [0, 0.1) is 9.81 Å². The highest BCUT2D eigenvalue weighted by Crippen LogP contribution is 2.24. The van der Waals surface area contributed by atoms with Gasteiger partial charge in [0.05, 0.1) is 0 Å². The lowest BCUT2D eigenvalue weighted by atomic mass is 10.1. The first-order valence-corrected chi connectivity index (χ1v) is 7.67. The second-order valence-electron chi connectivity index (χ2n) is 4.44. The van der Waals surface area contributed by atoms with Crippen LogP contribution >= 0.6 is 11.8 Å². The Bertz CT molecular complexity index is 452. The highest BCUT2D eigenvalue weighted by Gasteiger charge is 2.00. The standard InChI is InChI=1S/C14H18N2O3S/c17-14(16-19)9-4-2-1-3-5-10-20-13-8-6-7-12(11-13)15-18/h6-8,11H,1-5,9-10H2. The van der Waals surface area contributed by atoms with E-state index in [0.717, 1.165) is 42.8 Å². The quantitative estimate of drug-likeness (QED) is 0.352. The van der Waals surface area contributed by atoms with E-state index in [-0.39, 0.29) is 6.42 Å². The number of carbonyl (C=O) groups excluding carboxylic acids is 1. The molecule has 0 unspecified atom stereocenters. The molecule has 0 N–H and O–H groups in total. The van der Waals surface area contributed by atoms with Crippen LogP contribution in [0.4, 0.5) is 5.69 Å². The third-order valence-electron chi connectivity index (χ3n) is 2.83. The second kappa shape index (κ2) is 10.3. The maximum Gasteiger partial charge on any atom is 0.286 e. The molecule has 6 heteroatoms. The first-order valence-electron chi connectivity index (χ1n) is 6.68. The Balaban J connectivity index is 2.03. The summed E-state index contributed by atoms with van der Waals surface area (Å²) >= 11 is 1.71. The number of amides is 1. The molecule has 0 saturated heterocycles. The molecule has 0 aromatic heterocycles. The van der Waals surface area contributed by atoms with Gasteiger partial charge in [-0.1, -0.05) is 25.3 Å². The molecule has 0 aliphatic carbocycles. The molecule has 0 radical (unpaired) electrons. The first-order chi connectivity index (χ1) is 9.76. The molecule has 0 aliphatic heterocycles. The molecule has 20 heavy (non-hydrogen) atoms. The zero-order chi connectivity index (χ0) is 14.6. The summed E-state index contributed by atoms with van der Waals surface area (Å²) in [6.45, 7) is 0. The summed E-state index contributed by atoms with van der Waals surface area (Å²) in [6.07, 6.45) is 5.21. The number of nitroso groups, excluding NO2 is 2. The number of hydrogen-bond acceptors (Lipinski definition) is 5. The van der Waals surface area contributed by atoms with E-state index in [4.69, 9.17) is 0 Å². The smallest absolute Gasteiger partial charge is 0.269 e. The lowest BCUT2D eigenvalue weighted by Crippen LogP contribution is -1.91. The Labute approximate surface area is 122 Å². The average Bonchev–Trinajstić information content (AvgIpc) is 2.49. The fourth-order valence-electron chi connectivity index (χ4n) is 1.77. The van der Waals surface area contributed by atoms with Gasteiger partial charge < -0.3 is 0 Å². The van der Waals surface area contributed by atoms with E-state index in [1.165, 1.54) is 0 Å². The summed E-state index contributed by atoms with van der Waals surface area (Å²) in [6, 6.07) is 7.27. The van der Waals surface area contributed by atoms with Gasteiger partial charge >= 0.3 is 0 Å². The van der Waals surface area contributed by atoms with Gasteiger partial charge in [0.2, 0.25) is 0 Å². The van der Waals surface area contributed by atoms with Crippen molar-refractivity contribution in [3.63, 3.8) is 0 Å². The Morgan fingerprint density at radius 3 is 2.55 bits per heavy atom. The van der Waals surface area contributed by atoms with E-state index in [2.05, 4.69) is 10.4 Å². The van der Waals surface area contributed by atoms with E-state index >= 15 is 0 Å². The van der Waals surface area contributed by atoms with E-state index < -0.39 is 5.91 Å². The summed E-state index contributed by atoms with van der Waals surface area (Å²) in [5.74, 6) is 0.446. The van der Waals surface area contributed by atoms with Crippen molar-refractivity contribution in [2.24, 2.45) is 10.4 Å². The molecule has 0 spiro atoms. The SMILES string of the molecule is O=NC(=O)CCCCCCCSc1cccc(N=O)c1. The van der Waals surface area contributed by atoms with E-state index in [9.17, 15) is 14.6 Å². The number of hydrogen-bond donors (Lipinski definition) is 0. The predicted octanol–water partition coefficient (Wildman–Crippen LogP) is 4.81. The van der Waals surface area contributed by atoms with Gasteiger partial charge in [-0.05, 0) is 42.0 Å². The zero-order valence-corrected chi connectivity index (χ0v) is 12.1. The van der Waals surface area contributed by atoms with Gasteiger partial charge in [-0.25, -0.2) is 0 Å². The monoisotopic (exact) mass is 294 g/mol. The number of thioether (sulfide) groups is 1. The average molecular weight is 294 g/mol. The van der Waals surface area contributed by atoms with Crippen molar-refractivity contribution in [2.45, 2.75) is 43.4 Å². The molecule has 108 valence electrons. The first kappa shape index (κ1) is 16.5. The molecule has 5 nitrogen and oxygen atoms in total. The predicted molar refractivity (Wildman–Crippen MR) is 81.1 cm³/mol. The Kier molecular flexibility index (Phi) is 8.46. The van der Waals surface area contributed by atoms with Crippen LogP contribution in [0.2, 0.25) is 0 Å². The van der Waals surface area contributed by atoms with Crippen LogP contribution in [-0.2, 0) is 4.79 Å². The van der Waals surface area contributed by atoms with Crippen molar-refractivity contribution in [2.75, 3.05) is 5.75 Å². The summed E-state index contributed by atoms with van der Waals surface area (Å²) in [5, 5.41) is 5.27. The van der Waals surface area contributed by atoms with Gasteiger partial charge in [0.15, 0.2) is 0 Å². The molecular weight excluding hydrogens is 276 g/mol. The largest absolute Gasteiger partial charge is 0.286 e. The molecule has 0 fully saturated rings. The fourth-order valence-corrected chi connectivity index (χ4v) is 2.74. The maximum atomic E-state index is 10.6. The topological polar surface area (TPSA) is 75.9 Å². The summed E-state index contributed by atoms with van der Waals surface area (Å²) in [5.41, 5.74) is 0.462. The van der Waals surface area contributed by atoms with Crippen LogP contribution < -0.4 is 0 Å². The number of unbranched alkanes of at least 4 members (excludes halogenated alkanes) is 4. The molecule has 0 saturated carbocycles. The maximum absolute atomic E-state index is 10.6. The van der Waals surface area contributed by atoms with Crippen molar-refractivity contribution in [3.05, 3.63) is 34.1 Å². The highest BCUT2D eigenvalue weighted by molar-refractivity contribution is 7.99. The van der Waals surface area contributed by atoms with Gasteiger partial charge in [0.1, 0.15) is 5.69 Å². The Hall–Kier alpha value is -1.56. The normalized spacial score (nSPS) is 10.2. The molecule has 1 aromatic carbocycles. The lowest BCUT2D eigenvalue weighted by molar-refractivity contribution is -0.118. The lowest BCUT2D eigenvalue weighted by Gasteiger charge is -2.02. The third-order valence-corrected chi connectivity index (χ3v) is 3.91. The minimum atomic E-state index is -0.552. The van der Waals surface area contributed by atoms with Gasteiger partial charge in [-0.2, -0.15) is 0 Å². The minimum absolute atomic E-state index is 0.268. The van der Waals surface area contributed by atoms with E-state index in [0.29, 0.717) is 5.69 Å². The molecule has 0 atom stereocenters. The van der Waals surface area contributed by atoms with Crippen molar-refractivity contribution in [1.82, 2.24) is 0 Å². The third kappa shape index (κ3) is 7.13. The van der Waals surface area contributed by atoms with Gasteiger partial charge in [0, 0.05) is 16.5 Å². The number of carbonyl (C=O) groups is 1. The van der Waals surface area contributed by atoms with Gasteiger partial charge in [-0.3, -0.25) is 4.79 Å². The molecule has 0 bridgehead atoms. The minimum Gasteiger partial charge on any atom is -0.269 e. The molecule has 1 rings (SSSR count). The van der Waals surface area contributed by atoms with Crippen molar-refractivity contribution < 1.29 is 4.79 Å². The van der Waals surface area contributed by atoms with Crippen molar-refractivity contribution in [3.8, 4) is 0 Å². The number of rotatable bonds is 10. The van der Waals surface area contributed by atoms with Crippen LogP contribution in [0.1, 0.15) is 38.5 Å².